The second kappa shape index (κ2) is 5.98. The van der Waals surface area contributed by atoms with Gasteiger partial charge in [0, 0.05) is 13.2 Å². The molecule has 1 aliphatic carbocycles. The van der Waals surface area contributed by atoms with Crippen LogP contribution in [0.15, 0.2) is 0 Å². The Morgan fingerprint density at radius 3 is 2.63 bits per heavy atom. The maximum absolute atomic E-state index is 9.02. The molecule has 19 heavy (non-hydrogen) atoms. The third kappa shape index (κ3) is 3.65. The zero-order valence-corrected chi connectivity index (χ0v) is 11.0. The molecule has 8 heteroatoms. The Balaban J connectivity index is 2.00. The summed E-state index contributed by atoms with van der Waals surface area (Å²) in [6.07, 6.45) is 3.03. The number of aromatic nitrogens is 3. The average molecular weight is 268 g/mol. The van der Waals surface area contributed by atoms with Crippen LogP contribution in [0.1, 0.15) is 26.2 Å². The van der Waals surface area contributed by atoms with Crippen molar-refractivity contribution >= 4 is 11.9 Å². The van der Waals surface area contributed by atoms with E-state index in [1.165, 1.54) is 0 Å². The van der Waals surface area contributed by atoms with E-state index < -0.39 is 0 Å². The standard InChI is InChI=1S/C11H20N6O2/c1-2-19-10-15-8(14-9(16-10)17-12)13-7-11(3-4-11)5-6-18/h18H,2-7,12H2,1H3,(H2,13,14,15,16,17). The summed E-state index contributed by atoms with van der Waals surface area (Å²) in [6, 6.07) is 0.236. The lowest BCUT2D eigenvalue weighted by Gasteiger charge is -2.15. The van der Waals surface area contributed by atoms with Crippen LogP contribution >= 0.6 is 0 Å². The summed E-state index contributed by atoms with van der Waals surface area (Å²) < 4.78 is 5.25. The summed E-state index contributed by atoms with van der Waals surface area (Å²) in [5.74, 6) is 5.99. The van der Waals surface area contributed by atoms with Crippen molar-refractivity contribution in [1.82, 2.24) is 15.0 Å². The van der Waals surface area contributed by atoms with Gasteiger partial charge in [-0.2, -0.15) is 15.0 Å². The number of rotatable bonds is 8. The highest BCUT2D eigenvalue weighted by atomic mass is 16.5. The normalized spacial score (nSPS) is 15.9. The Hall–Kier alpha value is -1.67. The Kier molecular flexibility index (Phi) is 4.33. The van der Waals surface area contributed by atoms with E-state index in [0.29, 0.717) is 12.6 Å². The minimum atomic E-state index is 0.184. The molecule has 5 N–H and O–H groups in total. The fraction of sp³-hybridized carbons (Fsp3) is 0.727. The van der Waals surface area contributed by atoms with E-state index in [9.17, 15) is 0 Å². The molecule has 0 atom stereocenters. The van der Waals surface area contributed by atoms with Crippen molar-refractivity contribution < 1.29 is 9.84 Å². The van der Waals surface area contributed by atoms with E-state index in [4.69, 9.17) is 15.7 Å². The van der Waals surface area contributed by atoms with Crippen molar-refractivity contribution in [2.45, 2.75) is 26.2 Å². The highest BCUT2D eigenvalue weighted by molar-refractivity contribution is 5.35. The lowest BCUT2D eigenvalue weighted by molar-refractivity contribution is 0.253. The summed E-state index contributed by atoms with van der Waals surface area (Å²) in [7, 11) is 0. The second-order valence-corrected chi connectivity index (χ2v) is 4.67. The molecule has 0 spiro atoms. The minimum Gasteiger partial charge on any atom is -0.464 e. The van der Waals surface area contributed by atoms with Crippen LogP contribution < -0.4 is 21.3 Å². The van der Waals surface area contributed by atoms with E-state index >= 15 is 0 Å². The molecule has 0 bridgehead atoms. The Morgan fingerprint density at radius 2 is 2.05 bits per heavy atom. The van der Waals surface area contributed by atoms with Crippen molar-refractivity contribution in [1.29, 1.82) is 0 Å². The lowest BCUT2D eigenvalue weighted by atomic mass is 10.0. The van der Waals surface area contributed by atoms with Gasteiger partial charge >= 0.3 is 6.01 Å². The molecule has 1 aromatic heterocycles. The predicted octanol–water partition coefficient (Wildman–Crippen LogP) is 0.130. The van der Waals surface area contributed by atoms with E-state index in [-0.39, 0.29) is 24.0 Å². The molecule has 2 rings (SSSR count). The van der Waals surface area contributed by atoms with Gasteiger partial charge in [-0.15, -0.1) is 0 Å². The molecule has 0 aromatic carbocycles. The molecule has 0 radical (unpaired) electrons. The molecule has 1 aliphatic rings. The van der Waals surface area contributed by atoms with E-state index in [1.807, 2.05) is 6.92 Å². The monoisotopic (exact) mass is 268 g/mol. The van der Waals surface area contributed by atoms with Crippen LogP contribution in [-0.4, -0.2) is 39.8 Å². The Bertz CT molecular complexity index is 424. The molecule has 1 aromatic rings. The second-order valence-electron chi connectivity index (χ2n) is 4.67. The Labute approximate surface area is 111 Å². The molecule has 106 valence electrons. The van der Waals surface area contributed by atoms with Gasteiger partial charge in [-0.1, -0.05) is 0 Å². The number of anilines is 2. The molecule has 0 aliphatic heterocycles. The fourth-order valence-electron chi connectivity index (χ4n) is 1.89. The first kappa shape index (κ1) is 13.8. The molecule has 1 heterocycles. The first-order valence-electron chi connectivity index (χ1n) is 6.41. The van der Waals surface area contributed by atoms with Crippen molar-refractivity contribution in [2.75, 3.05) is 30.5 Å². The number of hydrazine groups is 1. The van der Waals surface area contributed by atoms with Gasteiger partial charge in [-0.3, -0.25) is 5.43 Å². The average Bonchev–Trinajstić information content (AvgIpc) is 3.17. The summed E-state index contributed by atoms with van der Waals surface area (Å²) in [6.45, 7) is 3.26. The highest BCUT2D eigenvalue weighted by Gasteiger charge is 2.41. The molecule has 1 saturated carbocycles. The number of nitrogen functional groups attached to an aromatic ring is 1. The smallest absolute Gasteiger partial charge is 0.323 e. The SMILES string of the molecule is CCOc1nc(NN)nc(NCC2(CCO)CC2)n1. The summed E-state index contributed by atoms with van der Waals surface area (Å²) in [5.41, 5.74) is 2.57. The van der Waals surface area contributed by atoms with Crippen molar-refractivity contribution in [3.8, 4) is 6.01 Å². The predicted molar refractivity (Wildman–Crippen MR) is 70.7 cm³/mol. The van der Waals surface area contributed by atoms with Gasteiger partial charge in [-0.25, -0.2) is 5.84 Å². The molecule has 0 unspecified atom stereocenters. The molecule has 0 saturated heterocycles. The lowest BCUT2D eigenvalue weighted by Crippen LogP contribution is -2.20. The van der Waals surface area contributed by atoms with Gasteiger partial charge in [0.25, 0.3) is 0 Å². The van der Waals surface area contributed by atoms with Crippen molar-refractivity contribution in [2.24, 2.45) is 11.3 Å². The number of nitrogens with two attached hydrogens (primary N) is 1. The van der Waals surface area contributed by atoms with Crippen LogP contribution in [0.2, 0.25) is 0 Å². The Morgan fingerprint density at radius 1 is 1.32 bits per heavy atom. The van der Waals surface area contributed by atoms with Gasteiger partial charge < -0.3 is 15.2 Å². The molecular formula is C11H20N6O2. The van der Waals surface area contributed by atoms with Crippen LogP contribution in [0.4, 0.5) is 11.9 Å². The first-order chi connectivity index (χ1) is 9.21. The zero-order valence-electron chi connectivity index (χ0n) is 11.0. The number of ether oxygens (including phenoxy) is 1. The van der Waals surface area contributed by atoms with Gasteiger partial charge in [0.2, 0.25) is 11.9 Å². The van der Waals surface area contributed by atoms with E-state index in [1.54, 1.807) is 0 Å². The number of aliphatic hydroxyl groups is 1. The van der Waals surface area contributed by atoms with Crippen molar-refractivity contribution in [3.63, 3.8) is 0 Å². The largest absolute Gasteiger partial charge is 0.464 e. The van der Waals surface area contributed by atoms with Crippen LogP contribution in [-0.2, 0) is 0 Å². The third-order valence-electron chi connectivity index (χ3n) is 3.24. The number of nitrogens with zero attached hydrogens (tertiary/aromatic N) is 3. The third-order valence-corrected chi connectivity index (χ3v) is 3.24. The minimum absolute atomic E-state index is 0.184. The fourth-order valence-corrected chi connectivity index (χ4v) is 1.89. The van der Waals surface area contributed by atoms with Crippen molar-refractivity contribution in [3.05, 3.63) is 0 Å². The number of aliphatic hydroxyl groups excluding tert-OH is 1. The van der Waals surface area contributed by atoms with Gasteiger partial charge in [-0.05, 0) is 31.6 Å². The number of hydrogen-bond acceptors (Lipinski definition) is 8. The highest BCUT2D eigenvalue weighted by Crippen LogP contribution is 2.48. The number of nitrogens with one attached hydrogen (secondary N) is 2. The summed E-state index contributed by atoms with van der Waals surface area (Å²) in [5, 5.41) is 12.2. The van der Waals surface area contributed by atoms with Gasteiger partial charge in [0.05, 0.1) is 6.61 Å². The summed E-state index contributed by atoms with van der Waals surface area (Å²) >= 11 is 0. The van der Waals surface area contributed by atoms with Crippen LogP contribution in [0.5, 0.6) is 6.01 Å². The molecule has 1 fully saturated rings. The van der Waals surface area contributed by atoms with Crippen LogP contribution in [0.25, 0.3) is 0 Å². The maximum Gasteiger partial charge on any atom is 0.323 e. The molecular weight excluding hydrogens is 248 g/mol. The zero-order chi connectivity index (χ0) is 13.7. The van der Waals surface area contributed by atoms with Crippen LogP contribution in [0, 0.1) is 5.41 Å². The van der Waals surface area contributed by atoms with E-state index in [2.05, 4.69) is 25.7 Å². The van der Waals surface area contributed by atoms with Gasteiger partial charge in [0.15, 0.2) is 0 Å². The quantitative estimate of drug-likeness (QED) is 0.388. The van der Waals surface area contributed by atoms with E-state index in [0.717, 1.165) is 25.8 Å². The first-order valence-corrected chi connectivity index (χ1v) is 6.41. The molecule has 0 amide bonds. The maximum atomic E-state index is 9.02. The van der Waals surface area contributed by atoms with Gasteiger partial charge in [0.1, 0.15) is 0 Å². The molecule has 8 nitrogen and oxygen atoms in total. The topological polar surface area (TPSA) is 118 Å². The number of hydrogen-bond donors (Lipinski definition) is 4. The van der Waals surface area contributed by atoms with Crippen LogP contribution in [0.3, 0.4) is 0 Å². The summed E-state index contributed by atoms with van der Waals surface area (Å²) in [4.78, 5) is 12.2.